The van der Waals surface area contributed by atoms with Crippen LogP contribution in [0.25, 0.3) is 22.4 Å². The number of benzene rings is 2. The van der Waals surface area contributed by atoms with E-state index in [1.165, 1.54) is 0 Å². The third-order valence-electron chi connectivity index (χ3n) is 6.17. The van der Waals surface area contributed by atoms with Gasteiger partial charge in [0.05, 0.1) is 17.5 Å². The zero-order chi connectivity index (χ0) is 26.5. The fourth-order valence-electron chi connectivity index (χ4n) is 4.15. The van der Waals surface area contributed by atoms with Gasteiger partial charge in [0.15, 0.2) is 0 Å². The van der Waals surface area contributed by atoms with Crippen molar-refractivity contribution < 1.29 is 23.7 Å². The van der Waals surface area contributed by atoms with Crippen LogP contribution in [0.3, 0.4) is 0 Å². The number of hydrogen-bond acceptors (Lipinski definition) is 6. The number of carbonyl (C=O) groups excluding carboxylic acids is 2. The summed E-state index contributed by atoms with van der Waals surface area (Å²) in [5.41, 5.74) is 8.55. The largest absolute Gasteiger partial charge is 0.481 e. The number of nitrogens with one attached hydrogen (secondary N) is 2. The van der Waals surface area contributed by atoms with Crippen LogP contribution >= 0.6 is 0 Å². The third kappa shape index (κ3) is 6.20. The minimum absolute atomic E-state index is 0.0145. The molecule has 0 radical (unpaired) electrons. The highest BCUT2D eigenvalue weighted by molar-refractivity contribution is 7.85. The summed E-state index contributed by atoms with van der Waals surface area (Å²) in [5, 5.41) is 19.0. The number of rotatable bonds is 9. The summed E-state index contributed by atoms with van der Waals surface area (Å²) in [7, 11) is -0.869. The SMILES string of the molecule is N=C(N)c1ccc(-c2nc3cc(C(=O)NCCC(=O)O)ccc3n2CCC(=O)N2CCS(=O)CC2)cc1. The molecule has 0 unspecified atom stereocenters. The van der Waals surface area contributed by atoms with E-state index in [9.17, 15) is 18.6 Å². The van der Waals surface area contributed by atoms with Gasteiger partial charge in [0, 0.05) is 71.6 Å². The summed E-state index contributed by atoms with van der Waals surface area (Å²) in [5.74, 6) is 0.110. The van der Waals surface area contributed by atoms with E-state index in [1.807, 2.05) is 4.57 Å². The maximum absolute atomic E-state index is 12.9. The summed E-state index contributed by atoms with van der Waals surface area (Å²) in [6.07, 6.45) is 0.0536. The number of aromatic nitrogens is 2. The molecule has 2 heterocycles. The fourth-order valence-corrected chi connectivity index (χ4v) is 5.21. The number of imidazole rings is 1. The van der Waals surface area contributed by atoms with Crippen LogP contribution in [0, 0.1) is 5.41 Å². The van der Waals surface area contributed by atoms with Crippen LogP contribution in [0.15, 0.2) is 42.5 Å². The smallest absolute Gasteiger partial charge is 0.305 e. The Balaban J connectivity index is 1.63. The van der Waals surface area contributed by atoms with Crippen molar-refractivity contribution in [2.45, 2.75) is 19.4 Å². The van der Waals surface area contributed by atoms with E-state index < -0.39 is 22.7 Å². The second-order valence-corrected chi connectivity index (χ2v) is 10.4. The van der Waals surface area contributed by atoms with Gasteiger partial charge in [-0.15, -0.1) is 0 Å². The summed E-state index contributed by atoms with van der Waals surface area (Å²) in [6.45, 7) is 1.33. The number of amides is 2. The average Bonchev–Trinajstić information content (AvgIpc) is 3.25. The minimum atomic E-state index is -0.998. The van der Waals surface area contributed by atoms with Gasteiger partial charge in [0.25, 0.3) is 5.91 Å². The number of carboxylic acids is 1. The summed E-state index contributed by atoms with van der Waals surface area (Å²) >= 11 is 0. The van der Waals surface area contributed by atoms with Crippen LogP contribution in [-0.2, 0) is 26.9 Å². The molecule has 2 aromatic carbocycles. The lowest BCUT2D eigenvalue weighted by Gasteiger charge is -2.26. The Morgan fingerprint density at radius 1 is 1.05 bits per heavy atom. The number of nitrogen functional groups attached to an aromatic ring is 1. The lowest BCUT2D eigenvalue weighted by atomic mass is 10.1. The Kier molecular flexibility index (Phi) is 7.97. The molecule has 3 aromatic rings. The van der Waals surface area contributed by atoms with Crippen molar-refractivity contribution in [1.82, 2.24) is 19.8 Å². The molecule has 4 rings (SSSR count). The lowest BCUT2D eigenvalue weighted by Crippen LogP contribution is -2.42. The van der Waals surface area contributed by atoms with Crippen molar-refractivity contribution in [3.63, 3.8) is 0 Å². The van der Waals surface area contributed by atoms with E-state index in [1.54, 1.807) is 47.4 Å². The second kappa shape index (κ2) is 11.3. The molecule has 1 fully saturated rings. The normalized spacial score (nSPS) is 14.0. The Hall–Kier alpha value is -4.06. The maximum Gasteiger partial charge on any atom is 0.305 e. The predicted molar refractivity (Wildman–Crippen MR) is 140 cm³/mol. The van der Waals surface area contributed by atoms with Gasteiger partial charge >= 0.3 is 5.97 Å². The molecular formula is C25H28N6O5S. The van der Waals surface area contributed by atoms with Crippen molar-refractivity contribution in [1.29, 1.82) is 5.41 Å². The van der Waals surface area contributed by atoms with Crippen molar-refractivity contribution >= 4 is 45.5 Å². The zero-order valence-electron chi connectivity index (χ0n) is 20.1. The van der Waals surface area contributed by atoms with Crippen LogP contribution in [0.4, 0.5) is 0 Å². The molecule has 0 saturated carbocycles. The molecule has 0 atom stereocenters. The van der Waals surface area contributed by atoms with Crippen LogP contribution < -0.4 is 11.1 Å². The molecule has 0 aliphatic carbocycles. The van der Waals surface area contributed by atoms with Crippen molar-refractivity contribution in [3.8, 4) is 11.4 Å². The number of nitrogens with zero attached hydrogens (tertiary/aromatic N) is 3. The fraction of sp³-hybridized carbons (Fsp3) is 0.320. The van der Waals surface area contributed by atoms with Crippen LogP contribution in [0.2, 0.25) is 0 Å². The number of fused-ring (bicyclic) bond motifs is 1. The van der Waals surface area contributed by atoms with Crippen molar-refractivity contribution in [2.75, 3.05) is 31.1 Å². The van der Waals surface area contributed by atoms with Crippen LogP contribution in [0.5, 0.6) is 0 Å². The molecule has 11 nitrogen and oxygen atoms in total. The molecular weight excluding hydrogens is 496 g/mol. The molecule has 0 bridgehead atoms. The Morgan fingerprint density at radius 2 is 1.73 bits per heavy atom. The van der Waals surface area contributed by atoms with Gasteiger partial charge < -0.3 is 25.6 Å². The molecule has 1 aromatic heterocycles. The summed E-state index contributed by atoms with van der Waals surface area (Å²) in [6, 6.07) is 12.1. The molecule has 1 aliphatic heterocycles. The highest BCUT2D eigenvalue weighted by Crippen LogP contribution is 2.27. The van der Waals surface area contributed by atoms with Crippen molar-refractivity contribution in [3.05, 3.63) is 53.6 Å². The number of aryl methyl sites for hydroxylation is 1. The average molecular weight is 525 g/mol. The standard InChI is InChI=1S/C25H28N6O5S/c26-23(27)16-1-3-17(4-2-16)24-29-19-15-18(25(35)28-9-7-22(33)34)5-6-20(19)31(24)10-8-21(32)30-11-13-37(36)14-12-30/h1-6,15H,7-14H2,(H3,26,27)(H,28,35)(H,33,34). The number of amidine groups is 1. The molecule has 0 spiro atoms. The van der Waals surface area contributed by atoms with Gasteiger partial charge in [-0.25, -0.2) is 4.98 Å². The first-order valence-corrected chi connectivity index (χ1v) is 13.3. The zero-order valence-corrected chi connectivity index (χ0v) is 20.9. The first-order chi connectivity index (χ1) is 17.7. The van der Waals surface area contributed by atoms with E-state index in [-0.39, 0.29) is 31.1 Å². The maximum atomic E-state index is 12.9. The monoisotopic (exact) mass is 524 g/mol. The topological polar surface area (TPSA) is 171 Å². The second-order valence-electron chi connectivity index (χ2n) is 8.66. The summed E-state index contributed by atoms with van der Waals surface area (Å²) < 4.78 is 13.6. The molecule has 194 valence electrons. The number of hydrogen-bond donors (Lipinski definition) is 4. The first kappa shape index (κ1) is 26.0. The van der Waals surface area contributed by atoms with Crippen LogP contribution in [-0.4, -0.2) is 78.5 Å². The Labute approximate surface area is 215 Å². The molecule has 1 saturated heterocycles. The van der Waals surface area contributed by atoms with E-state index in [4.69, 9.17) is 21.2 Å². The van der Waals surface area contributed by atoms with E-state index >= 15 is 0 Å². The van der Waals surface area contributed by atoms with Gasteiger partial charge in [0.1, 0.15) is 11.7 Å². The van der Waals surface area contributed by atoms with Crippen LogP contribution in [0.1, 0.15) is 28.8 Å². The number of carbonyl (C=O) groups is 3. The van der Waals surface area contributed by atoms with Gasteiger partial charge in [-0.1, -0.05) is 24.3 Å². The molecule has 37 heavy (non-hydrogen) atoms. The van der Waals surface area contributed by atoms with E-state index in [0.717, 1.165) is 11.1 Å². The van der Waals surface area contributed by atoms with Gasteiger partial charge in [-0.3, -0.25) is 24.0 Å². The van der Waals surface area contributed by atoms with Gasteiger partial charge in [0.2, 0.25) is 5.91 Å². The summed E-state index contributed by atoms with van der Waals surface area (Å²) in [4.78, 5) is 42.6. The number of carboxylic acid groups (broad SMARTS) is 1. The van der Waals surface area contributed by atoms with E-state index in [0.29, 0.717) is 53.6 Å². The highest BCUT2D eigenvalue weighted by atomic mass is 32.2. The first-order valence-electron chi connectivity index (χ1n) is 11.8. The molecule has 5 N–H and O–H groups in total. The predicted octanol–water partition coefficient (Wildman–Crippen LogP) is 1.17. The number of nitrogens with two attached hydrogens (primary N) is 1. The van der Waals surface area contributed by atoms with Gasteiger partial charge in [-0.2, -0.15) is 0 Å². The van der Waals surface area contributed by atoms with Crippen molar-refractivity contribution in [2.24, 2.45) is 5.73 Å². The quantitative estimate of drug-likeness (QED) is 0.240. The minimum Gasteiger partial charge on any atom is -0.481 e. The number of aliphatic carboxylic acids is 1. The Bertz CT molecular complexity index is 1370. The lowest BCUT2D eigenvalue weighted by molar-refractivity contribution is -0.136. The highest BCUT2D eigenvalue weighted by Gasteiger charge is 2.21. The Morgan fingerprint density at radius 3 is 2.38 bits per heavy atom. The third-order valence-corrected chi connectivity index (χ3v) is 7.44. The molecule has 12 heteroatoms. The van der Waals surface area contributed by atoms with E-state index in [2.05, 4.69) is 5.32 Å². The van der Waals surface area contributed by atoms with Gasteiger partial charge in [-0.05, 0) is 18.2 Å². The molecule has 1 aliphatic rings. The molecule has 2 amide bonds.